The summed E-state index contributed by atoms with van der Waals surface area (Å²) in [7, 11) is 0. The number of nitrogens with zero attached hydrogens (tertiary/aromatic N) is 1. The van der Waals surface area contributed by atoms with Gasteiger partial charge in [-0.05, 0) is 47.0 Å². The van der Waals surface area contributed by atoms with Gasteiger partial charge in [-0.15, -0.1) is 0 Å². The molecule has 0 radical (unpaired) electrons. The maximum Gasteiger partial charge on any atom is 0.336 e. The first kappa shape index (κ1) is 13.5. The monoisotopic (exact) mass is 299 g/mol. The highest BCUT2D eigenvalue weighted by molar-refractivity contribution is 5.84. The van der Waals surface area contributed by atoms with Gasteiger partial charge in [0, 0.05) is 29.4 Å². The van der Waals surface area contributed by atoms with E-state index < -0.39 is 0 Å². The molecular weight excluding hydrogens is 286 g/mol. The van der Waals surface area contributed by atoms with Crippen LogP contribution in [0.4, 0.5) is 0 Å². The summed E-state index contributed by atoms with van der Waals surface area (Å²) in [6.45, 7) is 0. The molecule has 2 aromatic heterocycles. The first-order valence-electron chi connectivity index (χ1n) is 7.34. The van der Waals surface area contributed by atoms with Gasteiger partial charge in [-0.25, -0.2) is 4.79 Å². The molecule has 2 heterocycles. The van der Waals surface area contributed by atoms with E-state index in [0.29, 0.717) is 5.58 Å². The molecule has 110 valence electrons. The third kappa shape index (κ3) is 2.64. The van der Waals surface area contributed by atoms with Crippen LogP contribution in [-0.4, -0.2) is 4.98 Å². The number of fused-ring (bicyclic) bond motifs is 1. The van der Waals surface area contributed by atoms with Gasteiger partial charge in [-0.3, -0.25) is 4.98 Å². The van der Waals surface area contributed by atoms with E-state index in [1.165, 1.54) is 6.07 Å². The zero-order chi connectivity index (χ0) is 15.6. The van der Waals surface area contributed by atoms with Crippen LogP contribution >= 0.6 is 0 Å². The molecule has 0 fully saturated rings. The molecule has 4 aromatic rings. The number of pyridine rings is 1. The topological polar surface area (TPSA) is 43.1 Å². The Morgan fingerprint density at radius 2 is 1.52 bits per heavy atom. The summed E-state index contributed by atoms with van der Waals surface area (Å²) >= 11 is 0. The second-order valence-corrected chi connectivity index (χ2v) is 5.33. The van der Waals surface area contributed by atoms with Crippen LogP contribution in [0.2, 0.25) is 0 Å². The van der Waals surface area contributed by atoms with Gasteiger partial charge in [0.15, 0.2) is 0 Å². The SMILES string of the molecule is O=c1ccc2cc(-c3cccc(-c4cccnc4)c3)ccc2o1. The van der Waals surface area contributed by atoms with Crippen LogP contribution in [0.3, 0.4) is 0 Å². The van der Waals surface area contributed by atoms with Crippen molar-refractivity contribution in [2.45, 2.75) is 0 Å². The highest BCUT2D eigenvalue weighted by Gasteiger charge is 2.04. The van der Waals surface area contributed by atoms with Gasteiger partial charge in [-0.1, -0.05) is 30.3 Å². The summed E-state index contributed by atoms with van der Waals surface area (Å²) in [6.07, 6.45) is 3.62. The standard InChI is InChI=1S/C20H13NO2/c22-20-9-7-17-12-16(6-8-19(17)23-20)14-3-1-4-15(11-14)18-5-2-10-21-13-18/h1-13H. The Kier molecular flexibility index (Phi) is 3.24. The van der Waals surface area contributed by atoms with Crippen molar-refractivity contribution in [2.24, 2.45) is 0 Å². The zero-order valence-electron chi connectivity index (χ0n) is 12.3. The molecule has 3 heteroatoms. The van der Waals surface area contributed by atoms with Crippen LogP contribution in [0, 0.1) is 0 Å². The van der Waals surface area contributed by atoms with E-state index in [1.807, 2.05) is 42.6 Å². The van der Waals surface area contributed by atoms with E-state index in [0.717, 1.165) is 27.6 Å². The molecule has 0 bridgehead atoms. The summed E-state index contributed by atoms with van der Waals surface area (Å²) in [5, 5.41) is 0.911. The summed E-state index contributed by atoms with van der Waals surface area (Å²) in [6, 6.07) is 21.3. The number of hydrogen-bond donors (Lipinski definition) is 0. The Hall–Kier alpha value is -3.20. The molecule has 0 unspecified atom stereocenters. The van der Waals surface area contributed by atoms with Gasteiger partial charge in [-0.2, -0.15) is 0 Å². The average Bonchev–Trinajstić information content (AvgIpc) is 2.62. The van der Waals surface area contributed by atoms with Gasteiger partial charge in [0.05, 0.1) is 0 Å². The van der Waals surface area contributed by atoms with Crippen LogP contribution in [-0.2, 0) is 0 Å². The van der Waals surface area contributed by atoms with Crippen LogP contribution in [0.1, 0.15) is 0 Å². The molecule has 0 aliphatic rings. The van der Waals surface area contributed by atoms with Crippen molar-refractivity contribution in [3.63, 3.8) is 0 Å². The maximum atomic E-state index is 11.3. The minimum Gasteiger partial charge on any atom is -0.423 e. The molecule has 3 nitrogen and oxygen atoms in total. The Bertz CT molecular complexity index is 1040. The fourth-order valence-electron chi connectivity index (χ4n) is 2.66. The predicted octanol–water partition coefficient (Wildman–Crippen LogP) is 4.52. The largest absolute Gasteiger partial charge is 0.423 e. The Morgan fingerprint density at radius 1 is 0.739 bits per heavy atom. The van der Waals surface area contributed by atoms with Crippen LogP contribution in [0.5, 0.6) is 0 Å². The first-order chi connectivity index (χ1) is 11.3. The fourth-order valence-corrected chi connectivity index (χ4v) is 2.66. The number of benzene rings is 2. The minimum atomic E-state index is -0.330. The molecule has 0 aliphatic carbocycles. The summed E-state index contributed by atoms with van der Waals surface area (Å²) in [5.41, 5.74) is 4.67. The molecule has 0 atom stereocenters. The molecule has 23 heavy (non-hydrogen) atoms. The lowest BCUT2D eigenvalue weighted by Crippen LogP contribution is -1.94. The second kappa shape index (κ2) is 5.54. The summed E-state index contributed by atoms with van der Waals surface area (Å²) in [5.74, 6) is 0. The third-order valence-electron chi connectivity index (χ3n) is 3.81. The Morgan fingerprint density at radius 3 is 2.35 bits per heavy atom. The summed E-state index contributed by atoms with van der Waals surface area (Å²) < 4.78 is 5.18. The fraction of sp³-hybridized carbons (Fsp3) is 0. The average molecular weight is 299 g/mol. The predicted molar refractivity (Wildman–Crippen MR) is 91.2 cm³/mol. The molecule has 0 spiro atoms. The van der Waals surface area contributed by atoms with Gasteiger partial charge in [0.2, 0.25) is 0 Å². The molecule has 0 amide bonds. The molecule has 0 N–H and O–H groups in total. The molecule has 0 saturated heterocycles. The minimum absolute atomic E-state index is 0.330. The van der Waals surface area contributed by atoms with E-state index in [1.54, 1.807) is 12.3 Å². The van der Waals surface area contributed by atoms with Gasteiger partial charge in [0.1, 0.15) is 5.58 Å². The van der Waals surface area contributed by atoms with E-state index in [4.69, 9.17) is 4.42 Å². The molecule has 2 aromatic carbocycles. The van der Waals surface area contributed by atoms with Crippen LogP contribution < -0.4 is 5.63 Å². The quantitative estimate of drug-likeness (QED) is 0.511. The van der Waals surface area contributed by atoms with E-state index >= 15 is 0 Å². The third-order valence-corrected chi connectivity index (χ3v) is 3.81. The summed E-state index contributed by atoms with van der Waals surface area (Å²) in [4.78, 5) is 15.4. The number of aromatic nitrogens is 1. The van der Waals surface area contributed by atoms with E-state index in [9.17, 15) is 4.79 Å². The van der Waals surface area contributed by atoms with Crippen molar-refractivity contribution in [3.05, 3.63) is 89.5 Å². The smallest absolute Gasteiger partial charge is 0.336 e. The Labute approximate surface area is 132 Å². The van der Waals surface area contributed by atoms with Crippen molar-refractivity contribution < 1.29 is 4.42 Å². The first-order valence-corrected chi connectivity index (χ1v) is 7.34. The second-order valence-electron chi connectivity index (χ2n) is 5.33. The highest BCUT2D eigenvalue weighted by atomic mass is 16.4. The zero-order valence-corrected chi connectivity index (χ0v) is 12.3. The molecular formula is C20H13NO2. The lowest BCUT2D eigenvalue weighted by Gasteiger charge is -2.06. The molecule has 0 aliphatic heterocycles. The van der Waals surface area contributed by atoms with Crippen molar-refractivity contribution in [3.8, 4) is 22.3 Å². The number of rotatable bonds is 2. The van der Waals surface area contributed by atoms with Gasteiger partial charge in [0.25, 0.3) is 0 Å². The Balaban J connectivity index is 1.82. The van der Waals surface area contributed by atoms with Crippen molar-refractivity contribution in [1.29, 1.82) is 0 Å². The highest BCUT2D eigenvalue weighted by Crippen LogP contribution is 2.28. The van der Waals surface area contributed by atoms with Crippen molar-refractivity contribution in [2.75, 3.05) is 0 Å². The normalized spacial score (nSPS) is 10.8. The lowest BCUT2D eigenvalue weighted by molar-refractivity contribution is 0.561. The molecule has 0 saturated carbocycles. The van der Waals surface area contributed by atoms with Crippen molar-refractivity contribution in [1.82, 2.24) is 4.98 Å². The van der Waals surface area contributed by atoms with Gasteiger partial charge < -0.3 is 4.42 Å². The van der Waals surface area contributed by atoms with Crippen LogP contribution in [0.25, 0.3) is 33.2 Å². The maximum absolute atomic E-state index is 11.3. The van der Waals surface area contributed by atoms with Crippen LogP contribution in [0.15, 0.2) is 88.3 Å². The van der Waals surface area contributed by atoms with Crippen molar-refractivity contribution >= 4 is 11.0 Å². The van der Waals surface area contributed by atoms with E-state index in [2.05, 4.69) is 23.2 Å². The van der Waals surface area contributed by atoms with E-state index in [-0.39, 0.29) is 5.63 Å². The molecule has 4 rings (SSSR count). The lowest BCUT2D eigenvalue weighted by atomic mass is 9.99. The van der Waals surface area contributed by atoms with Gasteiger partial charge >= 0.3 is 5.63 Å². The number of hydrogen-bond acceptors (Lipinski definition) is 3.